The van der Waals surface area contributed by atoms with E-state index in [4.69, 9.17) is 10.7 Å². The van der Waals surface area contributed by atoms with E-state index in [1.54, 1.807) is 17.2 Å². The van der Waals surface area contributed by atoms with Crippen LogP contribution in [0.15, 0.2) is 48.7 Å². The number of benzene rings is 2. The van der Waals surface area contributed by atoms with Crippen molar-refractivity contribution in [2.45, 2.75) is 75.6 Å². The van der Waals surface area contributed by atoms with Crippen LogP contribution in [-0.2, 0) is 9.59 Å². The van der Waals surface area contributed by atoms with Crippen LogP contribution in [0.1, 0.15) is 95.5 Å². The first-order chi connectivity index (χ1) is 29.5. The van der Waals surface area contributed by atoms with Crippen molar-refractivity contribution in [2.75, 3.05) is 81.1 Å². The summed E-state index contributed by atoms with van der Waals surface area (Å²) in [7, 11) is 1.83. The van der Waals surface area contributed by atoms with Gasteiger partial charge in [0, 0.05) is 81.8 Å². The highest BCUT2D eigenvalue weighted by atomic mass is 16.3. The van der Waals surface area contributed by atoms with Crippen LogP contribution in [0.25, 0.3) is 0 Å². The molecule has 17 heteroatoms. The Labute approximate surface area is 355 Å². The van der Waals surface area contributed by atoms with E-state index in [9.17, 15) is 29.1 Å². The van der Waals surface area contributed by atoms with Gasteiger partial charge < -0.3 is 40.7 Å². The number of aromatic nitrogens is 2. The Kier molecular flexibility index (Phi) is 11.3. The van der Waals surface area contributed by atoms with Gasteiger partial charge in [0.2, 0.25) is 11.8 Å². The highest BCUT2D eigenvalue weighted by Crippen LogP contribution is 2.38. The van der Waals surface area contributed by atoms with Crippen LogP contribution in [0.3, 0.4) is 0 Å². The lowest BCUT2D eigenvalue weighted by molar-refractivity contribution is -0.139. The Morgan fingerprint density at radius 2 is 1.67 bits per heavy atom. The lowest BCUT2D eigenvalue weighted by Crippen LogP contribution is -2.53. The van der Waals surface area contributed by atoms with Crippen molar-refractivity contribution in [1.29, 1.82) is 0 Å². The van der Waals surface area contributed by atoms with Crippen LogP contribution in [0, 0.1) is 5.92 Å². The van der Waals surface area contributed by atoms with Crippen LogP contribution in [0.5, 0.6) is 0 Å². The lowest BCUT2D eigenvalue weighted by atomic mass is 9.88. The number of urea groups is 1. The number of hydrogen-bond donors (Lipinski definition) is 4. The molecule has 5 fully saturated rings. The number of likely N-dealkylation sites (N-methyl/N-ethyl adjacent to an activating group) is 1. The second-order valence-corrected chi connectivity index (χ2v) is 17.5. The molecular weight excluding hydrogens is 779 g/mol. The monoisotopic (exact) mass is 833 g/mol. The van der Waals surface area contributed by atoms with Crippen molar-refractivity contribution in [3.63, 3.8) is 0 Å². The summed E-state index contributed by atoms with van der Waals surface area (Å²) in [6, 6.07) is 13.2. The summed E-state index contributed by atoms with van der Waals surface area (Å²) >= 11 is 0. The number of carbonyl (C=O) groups is 5. The van der Waals surface area contributed by atoms with E-state index < -0.39 is 24.1 Å². The molecule has 2 unspecified atom stereocenters. The molecule has 0 saturated carbocycles. The third-order valence-corrected chi connectivity index (χ3v) is 13.6. The first-order valence-electron chi connectivity index (χ1n) is 21.8. The van der Waals surface area contributed by atoms with E-state index in [0.29, 0.717) is 41.1 Å². The van der Waals surface area contributed by atoms with Gasteiger partial charge in [-0.05, 0) is 99.7 Å². The second-order valence-electron chi connectivity index (χ2n) is 17.5. The molecule has 4 atom stereocenters. The van der Waals surface area contributed by atoms with Gasteiger partial charge in [-0.25, -0.2) is 14.8 Å². The molecule has 17 nitrogen and oxygen atoms in total. The normalized spacial score (nSPS) is 25.3. The predicted octanol–water partition coefficient (Wildman–Crippen LogP) is 3.00. The van der Waals surface area contributed by atoms with Gasteiger partial charge in [0.05, 0.1) is 12.2 Å². The van der Waals surface area contributed by atoms with Crippen molar-refractivity contribution < 1.29 is 29.1 Å². The number of aliphatic hydroxyl groups excluding tert-OH is 1. The number of primary amides is 1. The number of imide groups is 1. The molecule has 6 aliphatic heterocycles. The topological polar surface area (TPSA) is 201 Å². The largest absolute Gasteiger partial charge is 0.371 e. The second kappa shape index (κ2) is 16.9. The third kappa shape index (κ3) is 8.20. The zero-order valence-electron chi connectivity index (χ0n) is 34.7. The van der Waals surface area contributed by atoms with Gasteiger partial charge in [0.1, 0.15) is 11.9 Å². The number of aliphatic hydroxyl groups is 1. The van der Waals surface area contributed by atoms with Gasteiger partial charge in [-0.2, -0.15) is 0 Å². The van der Waals surface area contributed by atoms with Gasteiger partial charge in [0.25, 0.3) is 11.8 Å². The number of likely N-dealkylation sites (tertiary alicyclic amines) is 1. The number of anilines is 4. The van der Waals surface area contributed by atoms with Crippen LogP contribution in [0.2, 0.25) is 0 Å². The molecule has 7 heterocycles. The summed E-state index contributed by atoms with van der Waals surface area (Å²) in [4.78, 5) is 84.0. The number of hydrogen-bond acceptors (Lipinski definition) is 12. The fourth-order valence-corrected chi connectivity index (χ4v) is 10.3. The maximum Gasteiger partial charge on any atom is 0.320 e. The highest BCUT2D eigenvalue weighted by Gasteiger charge is 2.45. The molecule has 5 saturated heterocycles. The van der Waals surface area contributed by atoms with Gasteiger partial charge >= 0.3 is 6.03 Å². The average Bonchev–Trinajstić information content (AvgIpc) is 3.73. The van der Waals surface area contributed by atoms with Gasteiger partial charge in [0.15, 0.2) is 17.7 Å². The molecule has 322 valence electrons. The van der Waals surface area contributed by atoms with Crippen LogP contribution < -0.4 is 26.2 Å². The zero-order chi connectivity index (χ0) is 42.4. The van der Waals surface area contributed by atoms with Crippen molar-refractivity contribution in [1.82, 2.24) is 34.9 Å². The Hall–Kier alpha value is -5.81. The van der Waals surface area contributed by atoms with Crippen molar-refractivity contribution in [2.24, 2.45) is 11.7 Å². The van der Waals surface area contributed by atoms with Gasteiger partial charge in [-0.3, -0.25) is 29.4 Å². The number of nitrogens with two attached hydrogens (primary N) is 1. The maximum absolute atomic E-state index is 13.5. The number of piperidine rings is 4. The summed E-state index contributed by atoms with van der Waals surface area (Å²) < 4.78 is 0. The molecule has 9 rings (SSSR count). The minimum absolute atomic E-state index is 0.0617. The van der Waals surface area contributed by atoms with E-state index in [2.05, 4.69) is 42.5 Å². The zero-order valence-corrected chi connectivity index (χ0v) is 34.7. The van der Waals surface area contributed by atoms with Gasteiger partial charge in [-0.15, -0.1) is 0 Å². The standard InChI is InChI=1S/C44H55N11O6/c1-50-20-21-54(44(50)61)32-5-3-17-53(26-32)36-23-46-38(39(45)57)40(48-36)47-30-8-6-28(7-9-30)29-14-18-51(19-15-29)24-27-4-2-16-52(25-27)31-10-11-33-34(22-31)43(60)55(42(33)59)35-12-13-37(56)49-41(35)58/h6-11,22-23,27,29,32,35,42,59H,2-5,12-21,24-26H2,1H3,(H2,45,57)(H,47,48)(H,49,56,58)/t27-,32-,35?,42?/m1/s1. The molecule has 5 N–H and O–H groups in total. The van der Waals surface area contributed by atoms with E-state index in [1.807, 2.05) is 36.2 Å². The van der Waals surface area contributed by atoms with E-state index in [-0.39, 0.29) is 42.4 Å². The van der Waals surface area contributed by atoms with E-state index in [0.717, 1.165) is 102 Å². The van der Waals surface area contributed by atoms with Crippen molar-refractivity contribution in [3.05, 3.63) is 71.0 Å². The summed E-state index contributed by atoms with van der Waals surface area (Å²) in [5.41, 5.74) is 9.71. The molecule has 2 aromatic carbocycles. The summed E-state index contributed by atoms with van der Waals surface area (Å²) in [5, 5.41) is 16.6. The Morgan fingerprint density at radius 3 is 2.41 bits per heavy atom. The maximum atomic E-state index is 13.5. The average molecular weight is 834 g/mol. The van der Waals surface area contributed by atoms with Crippen LogP contribution in [-0.4, -0.2) is 142 Å². The number of nitrogens with one attached hydrogen (secondary N) is 2. The molecule has 0 bridgehead atoms. The Balaban J connectivity index is 0.780. The number of fused-ring (bicyclic) bond motifs is 1. The molecule has 1 aromatic heterocycles. The number of carbonyl (C=O) groups excluding carboxylic acids is 5. The SMILES string of the molecule is CN1CCN([C@@H]2CCCN(c3cnc(C(N)=O)c(Nc4ccc(C5CCN(C[C@H]6CCCN(c7ccc8c(c7)C(=O)N(C7CCC(=O)NC7=O)C8O)C6)CC5)cc4)n3)C2)C1=O. The predicted molar refractivity (Wildman–Crippen MR) is 227 cm³/mol. The molecule has 3 aromatic rings. The fraction of sp³-hybridized carbons (Fsp3) is 0.523. The smallest absolute Gasteiger partial charge is 0.320 e. The summed E-state index contributed by atoms with van der Waals surface area (Å²) in [6.45, 7) is 7.66. The lowest BCUT2D eigenvalue weighted by Gasteiger charge is -2.39. The van der Waals surface area contributed by atoms with Crippen molar-refractivity contribution >= 4 is 52.7 Å². The molecule has 0 radical (unpaired) electrons. The summed E-state index contributed by atoms with van der Waals surface area (Å²) in [6.07, 6.45) is 6.84. The van der Waals surface area contributed by atoms with Crippen LogP contribution >= 0.6 is 0 Å². The molecule has 61 heavy (non-hydrogen) atoms. The summed E-state index contributed by atoms with van der Waals surface area (Å²) in [5.74, 6) is -0.0865. The Bertz CT molecular complexity index is 2200. The molecule has 0 aliphatic carbocycles. The van der Waals surface area contributed by atoms with Crippen LogP contribution in [0.4, 0.5) is 27.8 Å². The fourth-order valence-electron chi connectivity index (χ4n) is 10.3. The van der Waals surface area contributed by atoms with Crippen molar-refractivity contribution in [3.8, 4) is 0 Å². The molecule has 0 spiro atoms. The minimum Gasteiger partial charge on any atom is -0.371 e. The third-order valence-electron chi connectivity index (χ3n) is 13.6. The highest BCUT2D eigenvalue weighted by molar-refractivity contribution is 6.06. The van der Waals surface area contributed by atoms with E-state index >= 15 is 0 Å². The first kappa shape index (κ1) is 40.6. The molecule has 6 amide bonds. The quantitative estimate of drug-likeness (QED) is 0.218. The van der Waals surface area contributed by atoms with Gasteiger partial charge in [-0.1, -0.05) is 18.2 Å². The number of nitrogens with zero attached hydrogens (tertiary/aromatic N) is 8. The number of rotatable bonds is 10. The molecular formula is C44H55N11O6. The Morgan fingerprint density at radius 1 is 0.902 bits per heavy atom. The first-order valence-corrected chi connectivity index (χ1v) is 21.8. The number of amides is 6. The molecule has 6 aliphatic rings. The minimum atomic E-state index is -1.22. The van der Waals surface area contributed by atoms with E-state index in [1.165, 1.54) is 10.5 Å².